The van der Waals surface area contributed by atoms with Crippen LogP contribution in [-0.4, -0.2) is 20.9 Å². The molecule has 1 amide bonds. The first-order chi connectivity index (χ1) is 10.9. The molecule has 0 saturated heterocycles. The molecule has 0 radical (unpaired) electrons. The van der Waals surface area contributed by atoms with E-state index in [1.807, 2.05) is 0 Å². The molecule has 2 aromatic rings. The highest BCUT2D eigenvalue weighted by Crippen LogP contribution is 2.45. The lowest BCUT2D eigenvalue weighted by Crippen LogP contribution is -2.22. The summed E-state index contributed by atoms with van der Waals surface area (Å²) in [6, 6.07) is 4.51. The van der Waals surface area contributed by atoms with Gasteiger partial charge in [-0.3, -0.25) is 9.59 Å². The number of carbonyl (C=O) groups is 2. The number of halogens is 3. The van der Waals surface area contributed by atoms with E-state index in [4.69, 9.17) is 11.6 Å². The summed E-state index contributed by atoms with van der Waals surface area (Å²) in [5.41, 5.74) is 0.332. The minimum atomic E-state index is -0.862. The van der Waals surface area contributed by atoms with Gasteiger partial charge in [-0.1, -0.05) is 6.07 Å². The molecule has 1 aromatic heterocycles. The SMILES string of the molecule is O=C(NCc1ccc(F)cc1F)c1cc(C(=O)C2(Cl)CC2)ns1. The number of carbonyl (C=O) groups excluding carboxylic acids is 2. The molecule has 1 aliphatic rings. The molecule has 1 saturated carbocycles. The Hall–Kier alpha value is -1.86. The molecule has 3 rings (SSSR count). The van der Waals surface area contributed by atoms with E-state index in [1.54, 1.807) is 0 Å². The number of nitrogens with zero attached hydrogens (tertiary/aromatic N) is 1. The molecule has 1 aromatic carbocycles. The summed E-state index contributed by atoms with van der Waals surface area (Å²) in [7, 11) is 0. The van der Waals surface area contributed by atoms with Crippen molar-refractivity contribution in [2.45, 2.75) is 24.3 Å². The Morgan fingerprint density at radius 1 is 1.30 bits per heavy atom. The zero-order chi connectivity index (χ0) is 16.6. The van der Waals surface area contributed by atoms with E-state index >= 15 is 0 Å². The Morgan fingerprint density at radius 2 is 2.04 bits per heavy atom. The number of benzene rings is 1. The molecule has 4 nitrogen and oxygen atoms in total. The molecule has 0 spiro atoms. The molecular weight excluding hydrogens is 346 g/mol. The third-order valence-corrected chi connectivity index (χ3v) is 4.85. The molecule has 1 N–H and O–H groups in total. The maximum atomic E-state index is 13.5. The molecule has 8 heteroatoms. The fourth-order valence-electron chi connectivity index (χ4n) is 1.98. The van der Waals surface area contributed by atoms with Gasteiger partial charge in [-0.15, -0.1) is 11.6 Å². The lowest BCUT2D eigenvalue weighted by atomic mass is 10.2. The number of hydrogen-bond donors (Lipinski definition) is 1. The summed E-state index contributed by atoms with van der Waals surface area (Å²) < 4.78 is 30.3. The largest absolute Gasteiger partial charge is 0.347 e. The summed E-state index contributed by atoms with van der Waals surface area (Å²) in [5, 5.41) is 2.51. The van der Waals surface area contributed by atoms with E-state index in [0.717, 1.165) is 23.7 Å². The van der Waals surface area contributed by atoms with Crippen LogP contribution in [0.5, 0.6) is 0 Å². The maximum Gasteiger partial charge on any atom is 0.263 e. The Balaban J connectivity index is 1.64. The Bertz CT molecular complexity index is 790. The first kappa shape index (κ1) is 16.0. The number of ketones is 1. The lowest BCUT2D eigenvalue weighted by molar-refractivity contribution is 0.0954. The van der Waals surface area contributed by atoms with Gasteiger partial charge in [-0.05, 0) is 36.5 Å². The number of amides is 1. The van der Waals surface area contributed by atoms with Crippen LogP contribution in [-0.2, 0) is 6.54 Å². The van der Waals surface area contributed by atoms with Crippen molar-refractivity contribution in [3.05, 3.63) is 52.0 Å². The lowest BCUT2D eigenvalue weighted by Gasteiger charge is -2.05. The van der Waals surface area contributed by atoms with E-state index in [9.17, 15) is 18.4 Å². The number of hydrogen-bond acceptors (Lipinski definition) is 4. The van der Waals surface area contributed by atoms with E-state index in [0.29, 0.717) is 12.8 Å². The molecule has 1 heterocycles. The van der Waals surface area contributed by atoms with Crippen molar-refractivity contribution in [3.8, 4) is 0 Å². The van der Waals surface area contributed by atoms with Gasteiger partial charge in [0.1, 0.15) is 27.1 Å². The number of alkyl halides is 1. The molecule has 0 bridgehead atoms. The minimum Gasteiger partial charge on any atom is -0.347 e. The molecule has 0 unspecified atom stereocenters. The van der Waals surface area contributed by atoms with Crippen molar-refractivity contribution in [2.24, 2.45) is 0 Å². The maximum absolute atomic E-state index is 13.5. The van der Waals surface area contributed by atoms with Crippen LogP contribution in [0.3, 0.4) is 0 Å². The third-order valence-electron chi connectivity index (χ3n) is 3.52. The van der Waals surface area contributed by atoms with Crippen LogP contribution in [0, 0.1) is 11.6 Å². The van der Waals surface area contributed by atoms with Crippen molar-refractivity contribution in [3.63, 3.8) is 0 Å². The van der Waals surface area contributed by atoms with Gasteiger partial charge in [0.05, 0.1) is 0 Å². The Labute approximate surface area is 139 Å². The average Bonchev–Trinajstić information content (AvgIpc) is 3.08. The fraction of sp³-hybridized carbons (Fsp3) is 0.267. The van der Waals surface area contributed by atoms with Gasteiger partial charge in [0.25, 0.3) is 5.91 Å². The quantitative estimate of drug-likeness (QED) is 0.660. The van der Waals surface area contributed by atoms with Gasteiger partial charge in [0.2, 0.25) is 5.78 Å². The smallest absolute Gasteiger partial charge is 0.263 e. The molecule has 1 fully saturated rings. The summed E-state index contributed by atoms with van der Waals surface area (Å²) in [4.78, 5) is 23.4. The summed E-state index contributed by atoms with van der Waals surface area (Å²) in [5.74, 6) is -2.18. The van der Waals surface area contributed by atoms with Gasteiger partial charge >= 0.3 is 0 Å². The highest BCUT2D eigenvalue weighted by Gasteiger charge is 2.49. The monoisotopic (exact) mass is 356 g/mol. The Kier molecular flexibility index (Phi) is 4.16. The summed E-state index contributed by atoms with van der Waals surface area (Å²) in [6.45, 7) is -0.0917. The molecule has 1 aliphatic carbocycles. The van der Waals surface area contributed by atoms with Crippen LogP contribution < -0.4 is 5.32 Å². The molecule has 0 atom stereocenters. The van der Waals surface area contributed by atoms with Crippen molar-refractivity contribution in [1.82, 2.24) is 9.69 Å². The zero-order valence-corrected chi connectivity index (χ0v) is 13.3. The van der Waals surface area contributed by atoms with Crippen molar-refractivity contribution >= 4 is 34.8 Å². The van der Waals surface area contributed by atoms with Gasteiger partial charge in [-0.25, -0.2) is 8.78 Å². The second kappa shape index (κ2) is 5.98. The normalized spacial score (nSPS) is 15.3. The topological polar surface area (TPSA) is 59.1 Å². The van der Waals surface area contributed by atoms with Crippen LogP contribution in [0.25, 0.3) is 0 Å². The van der Waals surface area contributed by atoms with E-state index in [-0.39, 0.29) is 28.5 Å². The van der Waals surface area contributed by atoms with Crippen molar-refractivity contribution in [2.75, 3.05) is 0 Å². The van der Waals surface area contributed by atoms with Crippen LogP contribution >= 0.6 is 23.1 Å². The average molecular weight is 357 g/mol. The number of rotatable bonds is 5. The number of Topliss-reactive ketones (excluding diaryl/α,β-unsaturated/α-hetero) is 1. The molecule has 120 valence electrons. The van der Waals surface area contributed by atoms with E-state index in [2.05, 4.69) is 9.69 Å². The third kappa shape index (κ3) is 3.40. The molecular formula is C15H11ClF2N2O2S. The summed E-state index contributed by atoms with van der Waals surface area (Å²) >= 11 is 6.91. The molecule has 23 heavy (non-hydrogen) atoms. The zero-order valence-electron chi connectivity index (χ0n) is 11.7. The Morgan fingerprint density at radius 3 is 2.70 bits per heavy atom. The predicted molar refractivity (Wildman–Crippen MR) is 81.8 cm³/mol. The van der Waals surface area contributed by atoms with Gasteiger partial charge in [0.15, 0.2) is 0 Å². The minimum absolute atomic E-state index is 0.0917. The van der Waals surface area contributed by atoms with E-state index < -0.39 is 22.4 Å². The summed E-state index contributed by atoms with van der Waals surface area (Å²) in [6.07, 6.45) is 1.21. The van der Waals surface area contributed by atoms with Crippen LogP contribution in [0.4, 0.5) is 8.78 Å². The van der Waals surface area contributed by atoms with Crippen molar-refractivity contribution < 1.29 is 18.4 Å². The fourth-order valence-corrected chi connectivity index (χ4v) is 2.83. The second-order valence-corrected chi connectivity index (χ2v) is 6.82. The molecule has 0 aliphatic heterocycles. The van der Waals surface area contributed by atoms with Crippen LogP contribution in [0.2, 0.25) is 0 Å². The standard InChI is InChI=1S/C15H11ClF2N2O2S/c16-15(3-4-15)13(21)11-6-12(23-20-11)14(22)19-7-8-1-2-9(17)5-10(8)18/h1-2,5-6H,3-4,7H2,(H,19,22). The predicted octanol–water partition coefficient (Wildman–Crippen LogP) is 3.31. The van der Waals surface area contributed by atoms with Crippen LogP contribution in [0.15, 0.2) is 24.3 Å². The highest BCUT2D eigenvalue weighted by atomic mass is 35.5. The second-order valence-electron chi connectivity index (χ2n) is 5.29. The van der Waals surface area contributed by atoms with Gasteiger partial charge < -0.3 is 5.32 Å². The first-order valence-corrected chi connectivity index (χ1v) is 7.97. The first-order valence-electron chi connectivity index (χ1n) is 6.82. The van der Waals surface area contributed by atoms with Crippen LogP contribution in [0.1, 0.15) is 38.6 Å². The number of nitrogens with one attached hydrogen (secondary N) is 1. The van der Waals surface area contributed by atoms with E-state index in [1.165, 1.54) is 12.1 Å². The number of aromatic nitrogens is 1. The highest BCUT2D eigenvalue weighted by molar-refractivity contribution is 7.08. The van der Waals surface area contributed by atoms with Gasteiger partial charge in [0, 0.05) is 18.2 Å². The van der Waals surface area contributed by atoms with Gasteiger partial charge in [-0.2, -0.15) is 4.37 Å². The van der Waals surface area contributed by atoms with Crippen molar-refractivity contribution in [1.29, 1.82) is 0 Å².